The number of hydrogen-bond acceptors (Lipinski definition) is 4. The number of hydrogen-bond donors (Lipinski definition) is 1. The van der Waals surface area contributed by atoms with Gasteiger partial charge in [-0.15, -0.1) is 0 Å². The van der Waals surface area contributed by atoms with E-state index in [0.717, 1.165) is 25.0 Å². The minimum absolute atomic E-state index is 0.0554. The number of benzene rings is 1. The molecule has 0 bridgehead atoms. The normalized spacial score (nSPS) is 11.7. The van der Waals surface area contributed by atoms with Gasteiger partial charge in [0.1, 0.15) is 5.69 Å². The van der Waals surface area contributed by atoms with Gasteiger partial charge in [-0.25, -0.2) is 4.98 Å². The Kier molecular flexibility index (Phi) is 6.92. The molecule has 2 rings (SSSR count). The van der Waals surface area contributed by atoms with Gasteiger partial charge in [-0.05, 0) is 31.4 Å². The Morgan fingerprint density at radius 2 is 1.81 bits per heavy atom. The molecule has 2 aromatic rings. The summed E-state index contributed by atoms with van der Waals surface area (Å²) in [4.78, 5) is 9.10. The highest BCUT2D eigenvalue weighted by Gasteiger charge is 2.31. The van der Waals surface area contributed by atoms with Gasteiger partial charge >= 0.3 is 6.18 Å². The molecule has 0 saturated carbocycles. The fraction of sp³-hybridized carbons (Fsp3) is 0.474. The Morgan fingerprint density at radius 1 is 1.15 bits per heavy atom. The molecule has 27 heavy (non-hydrogen) atoms. The molecule has 0 amide bonds. The van der Waals surface area contributed by atoms with Crippen LogP contribution in [0.2, 0.25) is 5.02 Å². The maximum absolute atomic E-state index is 12.9. The molecule has 0 saturated heterocycles. The van der Waals surface area contributed by atoms with Crippen LogP contribution in [-0.4, -0.2) is 23.1 Å². The van der Waals surface area contributed by atoms with E-state index in [1.165, 1.54) is 13.2 Å². The molecule has 8 heteroatoms. The van der Waals surface area contributed by atoms with Crippen LogP contribution in [0.25, 0.3) is 11.3 Å². The van der Waals surface area contributed by atoms with Crippen LogP contribution in [0, 0.1) is 0 Å². The highest BCUT2D eigenvalue weighted by atomic mass is 35.5. The highest BCUT2D eigenvalue weighted by Crippen LogP contribution is 2.38. The summed E-state index contributed by atoms with van der Waals surface area (Å²) >= 11 is 6.12. The van der Waals surface area contributed by atoms with Crippen LogP contribution in [0.5, 0.6) is 5.88 Å². The summed E-state index contributed by atoms with van der Waals surface area (Å²) in [6.45, 7) is 6.09. The molecule has 0 fully saturated rings. The second kappa shape index (κ2) is 8.78. The van der Waals surface area contributed by atoms with E-state index in [0.29, 0.717) is 29.2 Å². The van der Waals surface area contributed by atoms with Gasteiger partial charge in [0.05, 0.1) is 23.4 Å². The van der Waals surface area contributed by atoms with E-state index < -0.39 is 11.7 Å². The maximum Gasteiger partial charge on any atom is 0.416 e. The van der Waals surface area contributed by atoms with Crippen LogP contribution in [0.4, 0.5) is 19.0 Å². The number of halogens is 4. The molecule has 0 atom stereocenters. The predicted octanol–water partition coefficient (Wildman–Crippen LogP) is 5.99. The largest absolute Gasteiger partial charge is 0.479 e. The number of rotatable bonds is 7. The average Bonchev–Trinajstić information content (AvgIpc) is 2.64. The predicted molar refractivity (Wildman–Crippen MR) is 101 cm³/mol. The number of methoxy groups -OCH3 is 1. The summed E-state index contributed by atoms with van der Waals surface area (Å²) in [6.07, 6.45) is -2.01. The van der Waals surface area contributed by atoms with E-state index in [1.807, 2.05) is 6.92 Å². The third-order valence-corrected chi connectivity index (χ3v) is 4.65. The molecule has 0 aliphatic carbocycles. The lowest BCUT2D eigenvalue weighted by atomic mass is 10.1. The molecule has 4 nitrogen and oxygen atoms in total. The quantitative estimate of drug-likeness (QED) is 0.619. The van der Waals surface area contributed by atoms with E-state index >= 15 is 0 Å². The zero-order valence-corrected chi connectivity index (χ0v) is 16.5. The van der Waals surface area contributed by atoms with Crippen molar-refractivity contribution in [3.05, 3.63) is 34.5 Å². The fourth-order valence-electron chi connectivity index (χ4n) is 2.70. The molecular weight excluding hydrogens is 379 g/mol. The molecule has 0 unspecified atom stereocenters. The first-order valence-corrected chi connectivity index (χ1v) is 9.21. The summed E-state index contributed by atoms with van der Waals surface area (Å²) in [5, 5.41) is 3.30. The molecule has 1 N–H and O–H groups in total. The van der Waals surface area contributed by atoms with Gasteiger partial charge in [-0.3, -0.25) is 0 Å². The molecule has 0 radical (unpaired) electrons. The van der Waals surface area contributed by atoms with Crippen molar-refractivity contribution < 1.29 is 17.9 Å². The SMILES string of the molecule is CCc1nc(-c2ccc(C(F)(F)F)cc2Cl)c(OC)nc1NC(CC)CC. The van der Waals surface area contributed by atoms with Gasteiger partial charge in [-0.1, -0.05) is 38.4 Å². The number of alkyl halides is 3. The number of nitrogens with zero attached hydrogens (tertiary/aromatic N) is 2. The van der Waals surface area contributed by atoms with Crippen molar-refractivity contribution in [1.82, 2.24) is 9.97 Å². The van der Waals surface area contributed by atoms with Crippen molar-refractivity contribution in [2.75, 3.05) is 12.4 Å². The number of nitrogens with one attached hydrogen (secondary N) is 1. The van der Waals surface area contributed by atoms with Crippen LogP contribution >= 0.6 is 11.6 Å². The Hall–Kier alpha value is -2.02. The Bertz CT molecular complexity index is 792. The van der Waals surface area contributed by atoms with E-state index in [2.05, 4.69) is 29.1 Å². The first-order chi connectivity index (χ1) is 12.7. The van der Waals surface area contributed by atoms with E-state index in [1.54, 1.807) is 0 Å². The van der Waals surface area contributed by atoms with Gasteiger partial charge in [0.15, 0.2) is 5.82 Å². The molecule has 1 heterocycles. The van der Waals surface area contributed by atoms with E-state index in [4.69, 9.17) is 16.3 Å². The molecule has 0 spiro atoms. The lowest BCUT2D eigenvalue weighted by molar-refractivity contribution is -0.137. The van der Waals surface area contributed by atoms with Crippen LogP contribution < -0.4 is 10.1 Å². The van der Waals surface area contributed by atoms with Crippen LogP contribution in [0.3, 0.4) is 0 Å². The maximum atomic E-state index is 12.9. The number of ether oxygens (including phenoxy) is 1. The first kappa shape index (κ1) is 21.3. The molecule has 1 aromatic carbocycles. The Labute approximate surface area is 162 Å². The second-order valence-electron chi connectivity index (χ2n) is 6.08. The zero-order valence-electron chi connectivity index (χ0n) is 15.7. The number of aromatic nitrogens is 2. The van der Waals surface area contributed by atoms with Gasteiger partial charge < -0.3 is 10.1 Å². The third-order valence-electron chi connectivity index (χ3n) is 4.34. The highest BCUT2D eigenvalue weighted by molar-refractivity contribution is 6.33. The van der Waals surface area contributed by atoms with Crippen molar-refractivity contribution in [1.29, 1.82) is 0 Å². The lowest BCUT2D eigenvalue weighted by Gasteiger charge is -2.19. The van der Waals surface area contributed by atoms with E-state index in [-0.39, 0.29) is 16.9 Å². The fourth-order valence-corrected chi connectivity index (χ4v) is 2.97. The smallest absolute Gasteiger partial charge is 0.416 e. The number of aryl methyl sites for hydroxylation is 1. The van der Waals surface area contributed by atoms with Gasteiger partial charge in [0.25, 0.3) is 0 Å². The Morgan fingerprint density at radius 3 is 2.30 bits per heavy atom. The minimum atomic E-state index is -4.46. The first-order valence-electron chi connectivity index (χ1n) is 8.83. The summed E-state index contributed by atoms with van der Waals surface area (Å²) in [5.74, 6) is 0.831. The monoisotopic (exact) mass is 401 g/mol. The lowest BCUT2D eigenvalue weighted by Crippen LogP contribution is -2.20. The summed E-state index contributed by atoms with van der Waals surface area (Å²) in [5.41, 5.74) is 0.556. The van der Waals surface area contributed by atoms with Crippen LogP contribution in [-0.2, 0) is 12.6 Å². The molecule has 1 aromatic heterocycles. The summed E-state index contributed by atoms with van der Waals surface area (Å²) < 4.78 is 44.0. The Balaban J connectivity index is 2.54. The van der Waals surface area contributed by atoms with Crippen LogP contribution in [0.1, 0.15) is 44.9 Å². The third kappa shape index (κ3) is 4.83. The molecule has 0 aliphatic heterocycles. The van der Waals surface area contributed by atoms with Crippen molar-refractivity contribution in [2.24, 2.45) is 0 Å². The van der Waals surface area contributed by atoms with E-state index in [9.17, 15) is 13.2 Å². The van der Waals surface area contributed by atoms with Gasteiger partial charge in [-0.2, -0.15) is 18.2 Å². The molecular formula is C19H23ClF3N3O. The van der Waals surface area contributed by atoms with Crippen molar-refractivity contribution in [3.63, 3.8) is 0 Å². The average molecular weight is 402 g/mol. The van der Waals surface area contributed by atoms with Gasteiger partial charge in [0, 0.05) is 11.6 Å². The van der Waals surface area contributed by atoms with Crippen molar-refractivity contribution in [2.45, 2.75) is 52.3 Å². The standard InChI is InChI=1S/C19H23ClF3N3O/c1-5-12(6-2)24-17-15(7-3)25-16(18(26-17)27-4)13-9-8-11(10-14(13)20)19(21,22)23/h8-10,12H,5-7H2,1-4H3,(H,24,26). The molecule has 0 aliphatic rings. The summed E-state index contributed by atoms with van der Waals surface area (Å²) in [7, 11) is 1.44. The second-order valence-corrected chi connectivity index (χ2v) is 6.49. The van der Waals surface area contributed by atoms with Crippen molar-refractivity contribution in [3.8, 4) is 17.1 Å². The zero-order chi connectivity index (χ0) is 20.2. The topological polar surface area (TPSA) is 47.0 Å². The van der Waals surface area contributed by atoms with Crippen LogP contribution in [0.15, 0.2) is 18.2 Å². The summed E-state index contributed by atoms with van der Waals surface area (Å²) in [6, 6.07) is 3.41. The number of anilines is 1. The van der Waals surface area contributed by atoms with Crippen molar-refractivity contribution >= 4 is 17.4 Å². The molecule has 148 valence electrons. The van der Waals surface area contributed by atoms with Gasteiger partial charge in [0.2, 0.25) is 5.88 Å². The minimum Gasteiger partial charge on any atom is -0.479 e.